The molecule has 2 heterocycles. The van der Waals surface area contributed by atoms with Crippen LogP contribution in [0.25, 0.3) is 0 Å². The van der Waals surface area contributed by atoms with Crippen LogP contribution in [0.5, 0.6) is 0 Å². The minimum absolute atomic E-state index is 0.0717. The van der Waals surface area contributed by atoms with Crippen molar-refractivity contribution in [1.82, 2.24) is 9.55 Å². The zero-order valence-corrected chi connectivity index (χ0v) is 13.0. The van der Waals surface area contributed by atoms with Gasteiger partial charge in [0.2, 0.25) is 0 Å². The molecule has 5 nitrogen and oxygen atoms in total. The number of hydrogen-bond acceptors (Lipinski definition) is 4. The summed E-state index contributed by atoms with van der Waals surface area (Å²) in [5, 5.41) is 0. The lowest BCUT2D eigenvalue weighted by Gasteiger charge is -2.34. The van der Waals surface area contributed by atoms with Gasteiger partial charge in [0.1, 0.15) is 6.10 Å². The quantitative estimate of drug-likeness (QED) is 0.843. The number of benzene rings is 1. The molecule has 1 aliphatic rings. The summed E-state index contributed by atoms with van der Waals surface area (Å²) < 4.78 is 46.5. The molecule has 1 saturated heterocycles. The van der Waals surface area contributed by atoms with E-state index < -0.39 is 17.8 Å². The summed E-state index contributed by atoms with van der Waals surface area (Å²) in [5.74, 6) is 0.220. The Bertz CT molecular complexity index is 789. The van der Waals surface area contributed by atoms with Gasteiger partial charge in [0.15, 0.2) is 5.82 Å². The number of rotatable bonds is 2. The number of halogens is 3. The first-order valence-corrected chi connectivity index (χ1v) is 7.42. The molecule has 3 rings (SSSR count). The van der Waals surface area contributed by atoms with E-state index in [0.29, 0.717) is 6.54 Å². The first-order valence-electron chi connectivity index (χ1n) is 7.42. The molecular weight excluding hydrogens is 323 g/mol. The fourth-order valence-corrected chi connectivity index (χ4v) is 2.77. The third-order valence-electron chi connectivity index (χ3n) is 3.98. The van der Waals surface area contributed by atoms with Gasteiger partial charge < -0.3 is 14.2 Å². The van der Waals surface area contributed by atoms with Crippen LogP contribution in [0, 0.1) is 0 Å². The van der Waals surface area contributed by atoms with E-state index in [1.165, 1.54) is 29.1 Å². The number of ether oxygens (including phenoxy) is 1. The van der Waals surface area contributed by atoms with Crippen LogP contribution in [0.1, 0.15) is 17.2 Å². The number of morpholine rings is 1. The van der Waals surface area contributed by atoms with Crippen LogP contribution in [0.4, 0.5) is 19.0 Å². The van der Waals surface area contributed by atoms with Crippen LogP contribution in [-0.2, 0) is 18.0 Å². The van der Waals surface area contributed by atoms with E-state index in [1.54, 1.807) is 18.0 Å². The Hall–Kier alpha value is -2.35. The Kier molecular flexibility index (Phi) is 4.31. The number of aromatic nitrogens is 2. The van der Waals surface area contributed by atoms with Crippen molar-refractivity contribution in [2.24, 2.45) is 7.05 Å². The van der Waals surface area contributed by atoms with Crippen LogP contribution >= 0.6 is 0 Å². The highest BCUT2D eigenvalue weighted by molar-refractivity contribution is 5.39. The number of anilines is 1. The van der Waals surface area contributed by atoms with Gasteiger partial charge in [-0.1, -0.05) is 18.2 Å². The van der Waals surface area contributed by atoms with E-state index in [4.69, 9.17) is 4.74 Å². The second kappa shape index (κ2) is 6.27. The molecule has 0 aliphatic carbocycles. The molecule has 8 heteroatoms. The van der Waals surface area contributed by atoms with Gasteiger partial charge in [0.05, 0.1) is 18.7 Å². The number of nitrogens with zero attached hydrogens (tertiary/aromatic N) is 3. The lowest BCUT2D eigenvalue weighted by molar-refractivity contribution is -0.139. The van der Waals surface area contributed by atoms with Gasteiger partial charge in [-0.2, -0.15) is 13.2 Å². The molecule has 0 radical (unpaired) electrons. The van der Waals surface area contributed by atoms with Crippen LogP contribution in [0.2, 0.25) is 0 Å². The van der Waals surface area contributed by atoms with Gasteiger partial charge >= 0.3 is 6.18 Å². The van der Waals surface area contributed by atoms with Crippen LogP contribution in [0.3, 0.4) is 0 Å². The van der Waals surface area contributed by atoms with E-state index in [0.717, 1.165) is 6.07 Å². The summed E-state index contributed by atoms with van der Waals surface area (Å²) in [6.45, 7) is 0.757. The molecule has 0 amide bonds. The average Bonchev–Trinajstić information content (AvgIpc) is 2.57. The predicted molar refractivity (Wildman–Crippen MR) is 81.8 cm³/mol. The predicted octanol–water partition coefficient (Wildman–Crippen LogP) is 2.38. The van der Waals surface area contributed by atoms with E-state index in [-0.39, 0.29) is 30.1 Å². The van der Waals surface area contributed by atoms with Crippen molar-refractivity contribution in [3.05, 3.63) is 58.1 Å². The Labute approximate surface area is 136 Å². The van der Waals surface area contributed by atoms with Crippen LogP contribution in [0.15, 0.2) is 41.5 Å². The average molecular weight is 339 g/mol. The van der Waals surface area contributed by atoms with Gasteiger partial charge in [0, 0.05) is 26.0 Å². The molecule has 0 saturated carbocycles. The van der Waals surface area contributed by atoms with Crippen molar-refractivity contribution in [3.8, 4) is 0 Å². The maximum atomic E-state index is 13.2. The largest absolute Gasteiger partial charge is 0.416 e. The Morgan fingerprint density at radius 2 is 2.04 bits per heavy atom. The smallest absolute Gasteiger partial charge is 0.370 e. The molecule has 0 spiro atoms. The molecule has 1 atom stereocenters. The third kappa shape index (κ3) is 3.14. The molecule has 1 fully saturated rings. The van der Waals surface area contributed by atoms with Crippen molar-refractivity contribution in [3.63, 3.8) is 0 Å². The number of alkyl halides is 3. The summed E-state index contributed by atoms with van der Waals surface area (Å²) in [6.07, 6.45) is -2.21. The monoisotopic (exact) mass is 339 g/mol. The highest BCUT2D eigenvalue weighted by atomic mass is 19.4. The number of hydrogen-bond donors (Lipinski definition) is 0. The minimum atomic E-state index is -4.45. The summed E-state index contributed by atoms with van der Waals surface area (Å²) in [7, 11) is 1.60. The fraction of sp³-hybridized carbons (Fsp3) is 0.375. The van der Waals surface area contributed by atoms with Crippen molar-refractivity contribution >= 4 is 5.82 Å². The highest BCUT2D eigenvalue weighted by Crippen LogP contribution is 2.36. The van der Waals surface area contributed by atoms with Gasteiger partial charge in [-0.05, 0) is 11.6 Å². The van der Waals surface area contributed by atoms with Crippen LogP contribution < -0.4 is 10.5 Å². The zero-order valence-electron chi connectivity index (χ0n) is 13.0. The Morgan fingerprint density at radius 1 is 1.29 bits per heavy atom. The molecule has 0 unspecified atom stereocenters. The summed E-state index contributed by atoms with van der Waals surface area (Å²) >= 11 is 0. The summed E-state index contributed by atoms with van der Waals surface area (Å²) in [6, 6.07) is 5.35. The minimum Gasteiger partial charge on any atom is -0.370 e. The second-order valence-corrected chi connectivity index (χ2v) is 5.56. The van der Waals surface area contributed by atoms with Crippen molar-refractivity contribution in [2.45, 2.75) is 12.3 Å². The van der Waals surface area contributed by atoms with Gasteiger partial charge in [-0.3, -0.25) is 4.79 Å². The van der Waals surface area contributed by atoms with Gasteiger partial charge in [0.25, 0.3) is 5.56 Å². The van der Waals surface area contributed by atoms with Gasteiger partial charge in [-0.15, -0.1) is 0 Å². The third-order valence-corrected chi connectivity index (χ3v) is 3.98. The van der Waals surface area contributed by atoms with Crippen molar-refractivity contribution < 1.29 is 17.9 Å². The molecule has 1 aromatic carbocycles. The van der Waals surface area contributed by atoms with E-state index in [1.807, 2.05) is 0 Å². The first kappa shape index (κ1) is 16.5. The molecule has 128 valence electrons. The number of aryl methyl sites for hydroxylation is 1. The standard InChI is InChI=1S/C16H16F3N3O2/c1-21-7-6-20-14(15(21)23)22-8-9-24-13(10-22)11-4-2-3-5-12(11)16(17,18)19/h2-7,13H,8-10H2,1H3/t13-/m0/s1. The molecule has 1 aliphatic heterocycles. The van der Waals surface area contributed by atoms with E-state index in [2.05, 4.69) is 4.98 Å². The zero-order chi connectivity index (χ0) is 17.3. The first-order chi connectivity index (χ1) is 11.4. The second-order valence-electron chi connectivity index (χ2n) is 5.56. The molecule has 24 heavy (non-hydrogen) atoms. The van der Waals surface area contributed by atoms with E-state index in [9.17, 15) is 18.0 Å². The maximum absolute atomic E-state index is 13.2. The normalized spacial score (nSPS) is 18.7. The van der Waals surface area contributed by atoms with Crippen LogP contribution in [-0.4, -0.2) is 29.2 Å². The Morgan fingerprint density at radius 3 is 2.79 bits per heavy atom. The molecular formula is C16H16F3N3O2. The fourth-order valence-electron chi connectivity index (χ4n) is 2.77. The van der Waals surface area contributed by atoms with Crippen molar-refractivity contribution in [1.29, 1.82) is 0 Å². The summed E-state index contributed by atoms with van der Waals surface area (Å²) in [4.78, 5) is 17.9. The SMILES string of the molecule is Cn1ccnc(N2CCO[C@H](c3ccccc3C(F)(F)F)C2)c1=O. The molecule has 2 aromatic rings. The van der Waals surface area contributed by atoms with E-state index >= 15 is 0 Å². The topological polar surface area (TPSA) is 47.4 Å². The van der Waals surface area contributed by atoms with Crippen molar-refractivity contribution in [2.75, 3.05) is 24.6 Å². The van der Waals surface area contributed by atoms with Gasteiger partial charge in [-0.25, -0.2) is 4.98 Å². The molecule has 0 N–H and O–H groups in total. The summed E-state index contributed by atoms with van der Waals surface area (Å²) in [5.41, 5.74) is -0.935. The lowest BCUT2D eigenvalue weighted by Crippen LogP contribution is -2.42. The highest BCUT2D eigenvalue weighted by Gasteiger charge is 2.36. The Balaban J connectivity index is 1.92. The molecule has 0 bridgehead atoms. The lowest BCUT2D eigenvalue weighted by atomic mass is 10.0. The maximum Gasteiger partial charge on any atom is 0.416 e. The molecule has 1 aromatic heterocycles.